The van der Waals surface area contributed by atoms with E-state index in [4.69, 9.17) is 19.3 Å². The summed E-state index contributed by atoms with van der Waals surface area (Å²) in [5.41, 5.74) is 0.265. The van der Waals surface area contributed by atoms with E-state index in [1.807, 2.05) is 6.92 Å². The summed E-state index contributed by atoms with van der Waals surface area (Å²) >= 11 is 0. The zero-order valence-corrected chi connectivity index (χ0v) is 12.7. The van der Waals surface area contributed by atoms with Crippen molar-refractivity contribution in [1.29, 1.82) is 0 Å². The smallest absolute Gasteiger partial charge is 0.328 e. The SMILES string of the molecule is CCOCCOc1ccccc1C(=O)NC(COC)C(=O)O. The topological polar surface area (TPSA) is 94.1 Å². The molecule has 0 saturated carbocycles. The molecular weight excluding hydrogens is 290 g/mol. The van der Waals surface area contributed by atoms with Crippen LogP contribution in [0.15, 0.2) is 24.3 Å². The predicted octanol–water partition coefficient (Wildman–Crippen LogP) is 0.931. The predicted molar refractivity (Wildman–Crippen MR) is 79.2 cm³/mol. The fourth-order valence-corrected chi connectivity index (χ4v) is 1.71. The van der Waals surface area contributed by atoms with Crippen LogP contribution in [0.4, 0.5) is 0 Å². The van der Waals surface area contributed by atoms with E-state index in [0.717, 1.165) is 0 Å². The highest BCUT2D eigenvalue weighted by atomic mass is 16.5. The molecule has 1 aromatic rings. The van der Waals surface area contributed by atoms with E-state index in [1.165, 1.54) is 7.11 Å². The minimum absolute atomic E-state index is 0.117. The minimum Gasteiger partial charge on any atom is -0.490 e. The Morgan fingerprint density at radius 2 is 2.00 bits per heavy atom. The summed E-state index contributed by atoms with van der Waals surface area (Å²) in [5, 5.41) is 11.4. The number of hydrogen-bond donors (Lipinski definition) is 2. The third-order valence-electron chi connectivity index (χ3n) is 2.76. The van der Waals surface area contributed by atoms with Gasteiger partial charge in [0, 0.05) is 13.7 Å². The Morgan fingerprint density at radius 1 is 1.27 bits per heavy atom. The molecule has 0 saturated heterocycles. The average Bonchev–Trinajstić information content (AvgIpc) is 2.51. The monoisotopic (exact) mass is 311 g/mol. The van der Waals surface area contributed by atoms with Gasteiger partial charge in [0.05, 0.1) is 18.8 Å². The second-order valence-corrected chi connectivity index (χ2v) is 4.36. The first-order chi connectivity index (χ1) is 10.6. The summed E-state index contributed by atoms with van der Waals surface area (Å²) in [7, 11) is 1.37. The first kappa shape index (κ1) is 17.9. The summed E-state index contributed by atoms with van der Waals surface area (Å²) in [6.07, 6.45) is 0. The van der Waals surface area contributed by atoms with Crippen LogP contribution in [0.2, 0.25) is 0 Å². The number of carboxylic acids is 1. The van der Waals surface area contributed by atoms with Crippen molar-refractivity contribution in [2.24, 2.45) is 0 Å². The Morgan fingerprint density at radius 3 is 2.64 bits per heavy atom. The maximum atomic E-state index is 12.2. The standard InChI is InChI=1S/C15H21NO6/c1-3-21-8-9-22-13-7-5-4-6-11(13)14(17)16-12(10-20-2)15(18)19/h4-7,12H,3,8-10H2,1-2H3,(H,16,17)(H,18,19). The molecule has 0 aromatic heterocycles. The van der Waals surface area contributed by atoms with Crippen molar-refractivity contribution in [3.05, 3.63) is 29.8 Å². The van der Waals surface area contributed by atoms with Gasteiger partial charge in [0.25, 0.3) is 5.91 Å². The third kappa shape index (κ3) is 5.71. The van der Waals surface area contributed by atoms with Crippen LogP contribution < -0.4 is 10.1 Å². The number of aliphatic carboxylic acids is 1. The van der Waals surface area contributed by atoms with Gasteiger partial charge in [-0.2, -0.15) is 0 Å². The molecule has 2 N–H and O–H groups in total. The molecule has 7 heteroatoms. The molecule has 0 spiro atoms. The number of hydrogen-bond acceptors (Lipinski definition) is 5. The van der Waals surface area contributed by atoms with Crippen LogP contribution in [0.3, 0.4) is 0 Å². The number of amides is 1. The highest BCUT2D eigenvalue weighted by Gasteiger charge is 2.22. The summed E-state index contributed by atoms with van der Waals surface area (Å²) < 4.78 is 15.4. The molecule has 0 aliphatic rings. The summed E-state index contributed by atoms with van der Waals surface area (Å²) in [6.45, 7) is 3.06. The van der Waals surface area contributed by atoms with Gasteiger partial charge in [-0.15, -0.1) is 0 Å². The highest BCUT2D eigenvalue weighted by Crippen LogP contribution is 2.18. The number of ether oxygens (including phenoxy) is 3. The number of benzene rings is 1. The van der Waals surface area contributed by atoms with Gasteiger partial charge in [-0.25, -0.2) is 4.79 Å². The van der Waals surface area contributed by atoms with Crippen molar-refractivity contribution < 1.29 is 28.9 Å². The largest absolute Gasteiger partial charge is 0.490 e. The number of carboxylic acid groups (broad SMARTS) is 1. The molecule has 1 atom stereocenters. The van der Waals surface area contributed by atoms with Gasteiger partial charge in [0.1, 0.15) is 12.4 Å². The normalized spacial score (nSPS) is 11.7. The van der Waals surface area contributed by atoms with E-state index in [0.29, 0.717) is 25.6 Å². The molecule has 22 heavy (non-hydrogen) atoms. The molecule has 0 radical (unpaired) electrons. The number of para-hydroxylation sites is 1. The number of carbonyl (C=O) groups excluding carboxylic acids is 1. The molecule has 1 unspecified atom stereocenters. The molecule has 0 aliphatic carbocycles. The zero-order chi connectivity index (χ0) is 16.4. The molecule has 0 heterocycles. The lowest BCUT2D eigenvalue weighted by Gasteiger charge is -2.15. The van der Waals surface area contributed by atoms with Crippen LogP contribution in [0.1, 0.15) is 17.3 Å². The second-order valence-electron chi connectivity index (χ2n) is 4.36. The molecule has 7 nitrogen and oxygen atoms in total. The van der Waals surface area contributed by atoms with Gasteiger partial charge in [-0.3, -0.25) is 4.79 Å². The van der Waals surface area contributed by atoms with Gasteiger partial charge in [0.15, 0.2) is 6.04 Å². The van der Waals surface area contributed by atoms with Crippen molar-refractivity contribution in [3.63, 3.8) is 0 Å². The Hall–Kier alpha value is -2.12. The van der Waals surface area contributed by atoms with Crippen molar-refractivity contribution in [3.8, 4) is 5.75 Å². The van der Waals surface area contributed by atoms with Crippen molar-refractivity contribution in [2.45, 2.75) is 13.0 Å². The summed E-state index contributed by atoms with van der Waals surface area (Å²) in [6, 6.07) is 5.51. The number of rotatable bonds is 10. The van der Waals surface area contributed by atoms with E-state index in [2.05, 4.69) is 5.32 Å². The Balaban J connectivity index is 2.73. The zero-order valence-electron chi connectivity index (χ0n) is 12.7. The molecule has 0 fully saturated rings. The third-order valence-corrected chi connectivity index (χ3v) is 2.76. The fourth-order valence-electron chi connectivity index (χ4n) is 1.71. The van der Waals surface area contributed by atoms with E-state index in [-0.39, 0.29) is 12.2 Å². The van der Waals surface area contributed by atoms with Gasteiger partial charge in [0.2, 0.25) is 0 Å². The summed E-state index contributed by atoms with van der Waals surface area (Å²) in [5.74, 6) is -1.32. The fraction of sp³-hybridized carbons (Fsp3) is 0.467. The Bertz CT molecular complexity index is 491. The molecular formula is C15H21NO6. The first-order valence-corrected chi connectivity index (χ1v) is 6.92. The lowest BCUT2D eigenvalue weighted by Crippen LogP contribution is -2.43. The first-order valence-electron chi connectivity index (χ1n) is 6.92. The number of carbonyl (C=O) groups is 2. The molecule has 0 aliphatic heterocycles. The second kappa shape index (κ2) is 9.75. The molecule has 1 rings (SSSR count). The van der Waals surface area contributed by atoms with Crippen LogP contribution in [0, 0.1) is 0 Å². The van der Waals surface area contributed by atoms with Crippen molar-refractivity contribution >= 4 is 11.9 Å². The number of nitrogens with one attached hydrogen (secondary N) is 1. The minimum atomic E-state index is -1.16. The highest BCUT2D eigenvalue weighted by molar-refractivity contribution is 5.98. The van der Waals surface area contributed by atoms with Crippen LogP contribution in [-0.4, -0.2) is 56.6 Å². The van der Waals surface area contributed by atoms with Gasteiger partial charge < -0.3 is 24.6 Å². The van der Waals surface area contributed by atoms with Crippen LogP contribution in [-0.2, 0) is 14.3 Å². The Kier molecular flexibility index (Phi) is 7.95. The molecule has 0 bridgehead atoms. The quantitative estimate of drug-likeness (QED) is 0.624. The van der Waals surface area contributed by atoms with E-state index in [1.54, 1.807) is 24.3 Å². The van der Waals surface area contributed by atoms with Crippen molar-refractivity contribution in [1.82, 2.24) is 5.32 Å². The van der Waals surface area contributed by atoms with Gasteiger partial charge in [-0.1, -0.05) is 12.1 Å². The van der Waals surface area contributed by atoms with Crippen molar-refractivity contribution in [2.75, 3.05) is 33.5 Å². The molecule has 1 amide bonds. The molecule has 1 aromatic carbocycles. The van der Waals surface area contributed by atoms with E-state index in [9.17, 15) is 9.59 Å². The van der Waals surface area contributed by atoms with Crippen LogP contribution >= 0.6 is 0 Å². The van der Waals surface area contributed by atoms with Crippen LogP contribution in [0.5, 0.6) is 5.75 Å². The van der Waals surface area contributed by atoms with E-state index >= 15 is 0 Å². The maximum absolute atomic E-state index is 12.2. The van der Waals surface area contributed by atoms with E-state index < -0.39 is 17.9 Å². The summed E-state index contributed by atoms with van der Waals surface area (Å²) in [4.78, 5) is 23.2. The average molecular weight is 311 g/mol. The van der Waals surface area contributed by atoms with Crippen LogP contribution in [0.25, 0.3) is 0 Å². The lowest BCUT2D eigenvalue weighted by atomic mass is 10.1. The lowest BCUT2D eigenvalue weighted by molar-refractivity contribution is -0.140. The van der Waals surface area contributed by atoms with Gasteiger partial charge >= 0.3 is 5.97 Å². The Labute approximate surface area is 129 Å². The van der Waals surface area contributed by atoms with Gasteiger partial charge in [-0.05, 0) is 19.1 Å². The molecule has 122 valence electrons. The maximum Gasteiger partial charge on any atom is 0.328 e. The number of methoxy groups -OCH3 is 1.